The number of nitrogens with one attached hydrogen (secondary N) is 1. The summed E-state index contributed by atoms with van der Waals surface area (Å²) in [5.41, 5.74) is 1.22. The number of aryl methyl sites for hydroxylation is 1. The highest BCUT2D eigenvalue weighted by molar-refractivity contribution is 5.80. The first-order valence-corrected chi connectivity index (χ1v) is 7.86. The summed E-state index contributed by atoms with van der Waals surface area (Å²) < 4.78 is 21.6. The molecule has 3 rings (SSSR count). The molecule has 25 heavy (non-hydrogen) atoms. The third-order valence-corrected chi connectivity index (χ3v) is 3.87. The van der Waals surface area contributed by atoms with Crippen LogP contribution in [0.2, 0.25) is 0 Å². The van der Waals surface area contributed by atoms with Crippen molar-refractivity contribution < 1.29 is 13.9 Å². The fourth-order valence-electron chi connectivity index (χ4n) is 2.63. The Morgan fingerprint density at radius 1 is 1.12 bits per heavy atom. The second kappa shape index (κ2) is 7.21. The van der Waals surface area contributed by atoms with Gasteiger partial charge in [-0.05, 0) is 24.3 Å². The molecule has 1 aromatic heterocycles. The van der Waals surface area contributed by atoms with E-state index < -0.39 is 5.82 Å². The minimum Gasteiger partial charge on any atom is -0.489 e. The van der Waals surface area contributed by atoms with Crippen LogP contribution in [-0.4, -0.2) is 28.2 Å². The van der Waals surface area contributed by atoms with Crippen molar-refractivity contribution in [1.29, 1.82) is 0 Å². The Bertz CT molecular complexity index is 962. The number of imidazole rings is 1. The number of rotatable bonds is 6. The number of para-hydroxylation sites is 3. The minimum atomic E-state index is -0.448. The molecular weight excluding hydrogens is 325 g/mol. The van der Waals surface area contributed by atoms with Gasteiger partial charge in [-0.3, -0.25) is 13.9 Å². The molecule has 1 N–H and O–H groups in total. The SMILES string of the molecule is Cn1c(=O)n(CC(=O)NCCOc2ccccc2F)c2ccccc21. The molecule has 0 saturated heterocycles. The largest absolute Gasteiger partial charge is 0.489 e. The number of amides is 1. The topological polar surface area (TPSA) is 65.3 Å². The first-order chi connectivity index (χ1) is 12.1. The van der Waals surface area contributed by atoms with Gasteiger partial charge in [0, 0.05) is 7.05 Å². The second-order valence-corrected chi connectivity index (χ2v) is 5.55. The molecule has 1 amide bonds. The molecule has 7 heteroatoms. The molecule has 0 fully saturated rings. The maximum Gasteiger partial charge on any atom is 0.329 e. The van der Waals surface area contributed by atoms with Gasteiger partial charge in [-0.2, -0.15) is 0 Å². The smallest absolute Gasteiger partial charge is 0.329 e. The Balaban J connectivity index is 1.58. The zero-order valence-corrected chi connectivity index (χ0v) is 13.7. The van der Waals surface area contributed by atoms with E-state index in [0.717, 1.165) is 5.52 Å². The monoisotopic (exact) mass is 343 g/mol. The summed E-state index contributed by atoms with van der Waals surface area (Å²) in [6.45, 7) is 0.268. The number of carbonyl (C=O) groups is 1. The van der Waals surface area contributed by atoms with Crippen LogP contribution in [0.1, 0.15) is 0 Å². The van der Waals surface area contributed by atoms with Gasteiger partial charge in [-0.1, -0.05) is 24.3 Å². The average Bonchev–Trinajstić information content (AvgIpc) is 2.85. The molecule has 0 bridgehead atoms. The van der Waals surface area contributed by atoms with E-state index in [-0.39, 0.29) is 37.0 Å². The van der Waals surface area contributed by atoms with Crippen LogP contribution in [0.3, 0.4) is 0 Å². The fourth-order valence-corrected chi connectivity index (χ4v) is 2.63. The van der Waals surface area contributed by atoms with Crippen LogP contribution in [0.15, 0.2) is 53.3 Å². The number of fused-ring (bicyclic) bond motifs is 1. The molecule has 3 aromatic rings. The van der Waals surface area contributed by atoms with Crippen molar-refractivity contribution in [3.05, 3.63) is 64.8 Å². The third kappa shape index (κ3) is 3.55. The zero-order chi connectivity index (χ0) is 17.8. The van der Waals surface area contributed by atoms with Crippen molar-refractivity contribution in [1.82, 2.24) is 14.5 Å². The van der Waals surface area contributed by atoms with Gasteiger partial charge >= 0.3 is 5.69 Å². The quantitative estimate of drug-likeness (QED) is 0.693. The summed E-state index contributed by atoms with van der Waals surface area (Å²) in [6, 6.07) is 13.4. The molecule has 0 atom stereocenters. The van der Waals surface area contributed by atoms with Crippen LogP contribution in [0.5, 0.6) is 5.75 Å². The lowest BCUT2D eigenvalue weighted by molar-refractivity contribution is -0.121. The van der Waals surface area contributed by atoms with Crippen molar-refractivity contribution in [3.8, 4) is 5.75 Å². The Labute approximate surface area is 143 Å². The predicted octanol–water partition coefficient (Wildman–Crippen LogP) is 1.67. The van der Waals surface area contributed by atoms with Crippen molar-refractivity contribution in [2.75, 3.05) is 13.2 Å². The Morgan fingerprint density at radius 3 is 2.56 bits per heavy atom. The van der Waals surface area contributed by atoms with Gasteiger partial charge < -0.3 is 10.1 Å². The number of halogens is 1. The van der Waals surface area contributed by atoms with Gasteiger partial charge in [0.1, 0.15) is 13.2 Å². The lowest BCUT2D eigenvalue weighted by Gasteiger charge is -2.09. The van der Waals surface area contributed by atoms with Gasteiger partial charge in [0.05, 0.1) is 17.6 Å². The van der Waals surface area contributed by atoms with Crippen LogP contribution >= 0.6 is 0 Å². The van der Waals surface area contributed by atoms with E-state index in [4.69, 9.17) is 4.74 Å². The number of carbonyl (C=O) groups excluding carboxylic acids is 1. The van der Waals surface area contributed by atoms with E-state index in [2.05, 4.69) is 5.32 Å². The predicted molar refractivity (Wildman–Crippen MR) is 92.1 cm³/mol. The van der Waals surface area contributed by atoms with Crippen LogP contribution in [0.4, 0.5) is 4.39 Å². The summed E-state index contributed by atoms with van der Waals surface area (Å²) in [6.07, 6.45) is 0. The van der Waals surface area contributed by atoms with Crippen LogP contribution < -0.4 is 15.7 Å². The highest BCUT2D eigenvalue weighted by atomic mass is 19.1. The zero-order valence-electron chi connectivity index (χ0n) is 13.7. The van der Waals surface area contributed by atoms with E-state index in [1.54, 1.807) is 25.2 Å². The number of nitrogens with zero attached hydrogens (tertiary/aromatic N) is 2. The first kappa shape index (κ1) is 16.8. The highest BCUT2D eigenvalue weighted by Gasteiger charge is 2.12. The van der Waals surface area contributed by atoms with E-state index in [1.165, 1.54) is 21.3 Å². The van der Waals surface area contributed by atoms with Crippen LogP contribution in [0.25, 0.3) is 11.0 Å². The molecular formula is C18H18FN3O3. The number of benzene rings is 2. The van der Waals surface area contributed by atoms with Gasteiger partial charge in [-0.25, -0.2) is 9.18 Å². The molecule has 1 heterocycles. The number of hydrogen-bond acceptors (Lipinski definition) is 3. The maximum atomic E-state index is 13.4. The number of aromatic nitrogens is 2. The molecule has 130 valence electrons. The number of ether oxygens (including phenoxy) is 1. The molecule has 0 aliphatic rings. The van der Waals surface area contributed by atoms with Crippen LogP contribution in [-0.2, 0) is 18.4 Å². The first-order valence-electron chi connectivity index (χ1n) is 7.86. The molecule has 0 unspecified atom stereocenters. The van der Waals surface area contributed by atoms with E-state index in [9.17, 15) is 14.0 Å². The highest BCUT2D eigenvalue weighted by Crippen LogP contribution is 2.14. The third-order valence-electron chi connectivity index (χ3n) is 3.87. The lowest BCUT2D eigenvalue weighted by atomic mass is 10.3. The van der Waals surface area contributed by atoms with E-state index >= 15 is 0 Å². The van der Waals surface area contributed by atoms with Crippen molar-refractivity contribution in [2.45, 2.75) is 6.54 Å². The van der Waals surface area contributed by atoms with E-state index in [1.807, 2.05) is 18.2 Å². The Kier molecular flexibility index (Phi) is 4.83. The molecule has 6 nitrogen and oxygen atoms in total. The summed E-state index contributed by atoms with van der Waals surface area (Å²) >= 11 is 0. The van der Waals surface area contributed by atoms with Crippen LogP contribution in [0, 0.1) is 5.82 Å². The summed E-state index contributed by atoms with van der Waals surface area (Å²) in [7, 11) is 1.67. The molecule has 0 radical (unpaired) electrons. The van der Waals surface area contributed by atoms with Gasteiger partial charge in [0.15, 0.2) is 11.6 Å². The van der Waals surface area contributed by atoms with Crippen molar-refractivity contribution in [2.24, 2.45) is 7.05 Å². The molecule has 0 aliphatic carbocycles. The lowest BCUT2D eigenvalue weighted by Crippen LogP contribution is -2.34. The molecule has 0 saturated carbocycles. The molecule has 2 aromatic carbocycles. The number of hydrogen-bond donors (Lipinski definition) is 1. The maximum absolute atomic E-state index is 13.4. The standard InChI is InChI=1S/C18H18FN3O3/c1-21-14-7-3-4-8-15(14)22(18(21)24)12-17(23)20-10-11-25-16-9-5-2-6-13(16)19/h2-9H,10-12H2,1H3,(H,20,23). The Hall–Kier alpha value is -3.09. The van der Waals surface area contributed by atoms with Crippen molar-refractivity contribution in [3.63, 3.8) is 0 Å². The average molecular weight is 343 g/mol. The van der Waals surface area contributed by atoms with Gasteiger partial charge in [-0.15, -0.1) is 0 Å². The fraction of sp³-hybridized carbons (Fsp3) is 0.222. The van der Waals surface area contributed by atoms with E-state index in [0.29, 0.717) is 5.52 Å². The minimum absolute atomic E-state index is 0.0834. The summed E-state index contributed by atoms with van der Waals surface area (Å²) in [5, 5.41) is 2.67. The van der Waals surface area contributed by atoms with Crippen molar-refractivity contribution >= 4 is 16.9 Å². The van der Waals surface area contributed by atoms with Gasteiger partial charge in [0.25, 0.3) is 0 Å². The molecule has 0 aliphatic heterocycles. The molecule has 0 spiro atoms. The Morgan fingerprint density at radius 2 is 1.80 bits per heavy atom. The normalized spacial score (nSPS) is 10.8. The summed E-state index contributed by atoms with van der Waals surface area (Å²) in [5.74, 6) is -0.617. The summed E-state index contributed by atoms with van der Waals surface area (Å²) in [4.78, 5) is 24.3. The second-order valence-electron chi connectivity index (χ2n) is 5.55. The van der Waals surface area contributed by atoms with Gasteiger partial charge in [0.2, 0.25) is 5.91 Å².